The number of thiophene rings is 1. The highest BCUT2D eigenvalue weighted by atomic mass is 32.1. The van der Waals surface area contributed by atoms with E-state index < -0.39 is 5.79 Å². The van der Waals surface area contributed by atoms with E-state index in [1.807, 2.05) is 11.8 Å². The van der Waals surface area contributed by atoms with Gasteiger partial charge in [-0.15, -0.1) is 11.3 Å². The summed E-state index contributed by atoms with van der Waals surface area (Å²) < 4.78 is 16.8. The first kappa shape index (κ1) is 21.5. The van der Waals surface area contributed by atoms with Crippen molar-refractivity contribution in [2.24, 2.45) is 0 Å². The highest BCUT2D eigenvalue weighted by Gasteiger charge is 2.43. The van der Waals surface area contributed by atoms with Gasteiger partial charge in [0.05, 0.1) is 26.0 Å². The van der Waals surface area contributed by atoms with Crippen molar-refractivity contribution in [3.8, 4) is 0 Å². The zero-order valence-electron chi connectivity index (χ0n) is 17.9. The number of rotatable bonds is 5. The Morgan fingerprint density at radius 3 is 2.57 bits per heavy atom. The van der Waals surface area contributed by atoms with Gasteiger partial charge in [-0.05, 0) is 38.2 Å². The Hall–Kier alpha value is -1.70. The molecule has 4 rings (SSSR count). The number of amides is 1. The number of nitrogens with zero attached hydrogens (tertiary/aromatic N) is 1. The van der Waals surface area contributed by atoms with Crippen LogP contribution in [0.1, 0.15) is 78.8 Å². The van der Waals surface area contributed by atoms with E-state index in [1.165, 1.54) is 18.4 Å². The van der Waals surface area contributed by atoms with Crippen LogP contribution in [0.2, 0.25) is 0 Å². The van der Waals surface area contributed by atoms with E-state index in [2.05, 4.69) is 18.2 Å². The minimum atomic E-state index is -0.477. The Labute approximate surface area is 182 Å². The molecule has 0 bridgehead atoms. The summed E-state index contributed by atoms with van der Waals surface area (Å²) in [6.07, 6.45) is 11.3. The smallest absolute Gasteiger partial charge is 0.350 e. The van der Waals surface area contributed by atoms with Crippen molar-refractivity contribution in [1.29, 1.82) is 0 Å². The SMILES string of the molecule is CCC(=O)N(c1cc(C2C=CCCC2)sc1C(=O)OC)C1CCC2(CC1)OCCO2. The van der Waals surface area contributed by atoms with E-state index in [0.717, 1.165) is 49.8 Å². The molecule has 1 spiro atoms. The molecule has 6 nitrogen and oxygen atoms in total. The fourth-order valence-corrected chi connectivity index (χ4v) is 6.02. The fraction of sp³-hybridized carbons (Fsp3) is 0.652. The van der Waals surface area contributed by atoms with Gasteiger partial charge < -0.3 is 19.1 Å². The number of hydrogen-bond acceptors (Lipinski definition) is 6. The van der Waals surface area contributed by atoms with E-state index in [4.69, 9.17) is 14.2 Å². The summed E-state index contributed by atoms with van der Waals surface area (Å²) in [5.41, 5.74) is 0.710. The Kier molecular flexibility index (Phi) is 6.60. The first-order chi connectivity index (χ1) is 14.6. The van der Waals surface area contributed by atoms with Crippen LogP contribution < -0.4 is 4.90 Å². The molecule has 7 heteroatoms. The predicted molar refractivity (Wildman–Crippen MR) is 116 cm³/mol. The first-order valence-electron chi connectivity index (χ1n) is 11.1. The molecule has 1 atom stereocenters. The summed E-state index contributed by atoms with van der Waals surface area (Å²) >= 11 is 1.47. The predicted octanol–water partition coefficient (Wildman–Crippen LogP) is 4.79. The fourth-order valence-electron chi connectivity index (χ4n) is 4.84. The molecule has 2 aliphatic carbocycles. The first-order valence-corrected chi connectivity index (χ1v) is 11.9. The molecule has 0 radical (unpaired) electrons. The number of carbonyl (C=O) groups is 2. The largest absolute Gasteiger partial charge is 0.465 e. The van der Waals surface area contributed by atoms with E-state index in [9.17, 15) is 9.59 Å². The average Bonchev–Trinajstić information content (AvgIpc) is 3.43. The Morgan fingerprint density at radius 2 is 1.97 bits per heavy atom. The van der Waals surface area contributed by atoms with Gasteiger partial charge in [0.15, 0.2) is 5.79 Å². The van der Waals surface area contributed by atoms with E-state index >= 15 is 0 Å². The van der Waals surface area contributed by atoms with Gasteiger partial charge in [-0.25, -0.2) is 4.79 Å². The topological polar surface area (TPSA) is 65.1 Å². The van der Waals surface area contributed by atoms with Crippen LogP contribution in [0.3, 0.4) is 0 Å². The maximum atomic E-state index is 13.1. The number of hydrogen-bond donors (Lipinski definition) is 0. The maximum Gasteiger partial charge on any atom is 0.350 e. The Bertz CT molecular complexity index is 801. The van der Waals surface area contributed by atoms with Gasteiger partial charge in [0.1, 0.15) is 4.88 Å². The summed E-state index contributed by atoms with van der Waals surface area (Å²) in [5.74, 6) is -0.507. The van der Waals surface area contributed by atoms with Crippen LogP contribution in [0.4, 0.5) is 5.69 Å². The number of carbonyl (C=O) groups excluding carboxylic acids is 2. The van der Waals surface area contributed by atoms with Gasteiger partial charge in [0.2, 0.25) is 5.91 Å². The third-order valence-corrected chi connectivity index (χ3v) is 7.68. The number of ether oxygens (including phenoxy) is 3. The summed E-state index contributed by atoms with van der Waals surface area (Å²) in [4.78, 5) is 29.2. The lowest BCUT2D eigenvalue weighted by Crippen LogP contribution is -2.47. The lowest BCUT2D eigenvalue weighted by Gasteiger charge is -2.40. The van der Waals surface area contributed by atoms with Gasteiger partial charge in [-0.1, -0.05) is 19.1 Å². The lowest BCUT2D eigenvalue weighted by atomic mass is 9.88. The molecule has 0 N–H and O–H groups in total. The molecule has 2 heterocycles. The van der Waals surface area contributed by atoms with E-state index in [0.29, 0.717) is 36.1 Å². The van der Waals surface area contributed by atoms with Crippen molar-refractivity contribution in [2.75, 3.05) is 25.2 Å². The minimum Gasteiger partial charge on any atom is -0.465 e. The van der Waals surface area contributed by atoms with Gasteiger partial charge >= 0.3 is 5.97 Å². The van der Waals surface area contributed by atoms with Crippen LogP contribution in [0.5, 0.6) is 0 Å². The van der Waals surface area contributed by atoms with Gasteiger partial charge in [0, 0.05) is 36.1 Å². The molecule has 0 aromatic carbocycles. The van der Waals surface area contributed by atoms with Crippen molar-refractivity contribution in [1.82, 2.24) is 0 Å². The van der Waals surface area contributed by atoms with Crippen molar-refractivity contribution in [2.45, 2.75) is 76.0 Å². The van der Waals surface area contributed by atoms with Gasteiger partial charge in [0.25, 0.3) is 0 Å². The molecule has 1 aromatic heterocycles. The van der Waals surface area contributed by atoms with Crippen molar-refractivity contribution in [3.05, 3.63) is 28.0 Å². The van der Waals surface area contributed by atoms with Crippen LogP contribution in [-0.4, -0.2) is 44.0 Å². The molecule has 2 fully saturated rings. The molecular weight excluding hydrogens is 402 g/mol. The van der Waals surface area contributed by atoms with Gasteiger partial charge in [-0.3, -0.25) is 4.79 Å². The van der Waals surface area contributed by atoms with Crippen molar-refractivity contribution in [3.63, 3.8) is 0 Å². The van der Waals surface area contributed by atoms with E-state index in [1.54, 1.807) is 0 Å². The molecule has 3 aliphatic rings. The highest BCUT2D eigenvalue weighted by molar-refractivity contribution is 7.14. The molecule has 1 saturated carbocycles. The number of esters is 1. The van der Waals surface area contributed by atoms with Crippen LogP contribution in [0.25, 0.3) is 0 Å². The summed E-state index contributed by atoms with van der Waals surface area (Å²) in [7, 11) is 1.40. The van der Waals surface area contributed by atoms with Crippen LogP contribution in [0.15, 0.2) is 18.2 Å². The molecule has 1 saturated heterocycles. The van der Waals surface area contributed by atoms with E-state index in [-0.39, 0.29) is 17.9 Å². The molecule has 1 aromatic rings. The molecule has 1 aliphatic heterocycles. The van der Waals surface area contributed by atoms with Crippen LogP contribution >= 0.6 is 11.3 Å². The third-order valence-electron chi connectivity index (χ3n) is 6.45. The molecule has 1 amide bonds. The number of methoxy groups -OCH3 is 1. The third kappa shape index (κ3) is 4.20. The monoisotopic (exact) mass is 433 g/mol. The maximum absolute atomic E-state index is 13.1. The normalized spacial score (nSPS) is 23.6. The summed E-state index contributed by atoms with van der Waals surface area (Å²) in [6.45, 7) is 3.15. The van der Waals surface area contributed by atoms with Gasteiger partial charge in [-0.2, -0.15) is 0 Å². The van der Waals surface area contributed by atoms with Crippen LogP contribution in [-0.2, 0) is 19.0 Å². The number of allylic oxidation sites excluding steroid dienone is 2. The summed E-state index contributed by atoms with van der Waals surface area (Å²) in [6, 6.07) is 2.08. The Morgan fingerprint density at radius 1 is 1.23 bits per heavy atom. The molecule has 164 valence electrons. The zero-order chi connectivity index (χ0) is 21.1. The Balaban J connectivity index is 1.65. The second-order valence-corrected chi connectivity index (χ2v) is 9.36. The minimum absolute atomic E-state index is 0.0311. The summed E-state index contributed by atoms with van der Waals surface area (Å²) in [5, 5.41) is 0. The highest BCUT2D eigenvalue weighted by Crippen LogP contribution is 2.43. The van der Waals surface area contributed by atoms with Crippen molar-refractivity contribution >= 4 is 28.9 Å². The second kappa shape index (κ2) is 9.20. The lowest BCUT2D eigenvalue weighted by molar-refractivity contribution is -0.178. The average molecular weight is 434 g/mol. The standard InChI is InChI=1S/C23H31NO5S/c1-3-20(25)24(17-9-11-23(12-10-17)28-13-14-29-23)18-15-19(16-7-5-4-6-8-16)30-21(18)22(26)27-2/h5,7,15-17H,3-4,6,8-14H2,1-2H3. The molecule has 30 heavy (non-hydrogen) atoms. The second-order valence-electron chi connectivity index (χ2n) is 8.28. The quantitative estimate of drug-likeness (QED) is 0.494. The molecular formula is C23H31NO5S. The molecule has 1 unspecified atom stereocenters. The van der Waals surface area contributed by atoms with Crippen LogP contribution in [0, 0.1) is 0 Å². The zero-order valence-corrected chi connectivity index (χ0v) is 18.7. The van der Waals surface area contributed by atoms with Crippen molar-refractivity contribution < 1.29 is 23.8 Å². The number of anilines is 1.